The van der Waals surface area contributed by atoms with E-state index in [1.807, 2.05) is 0 Å². The molecule has 0 aliphatic heterocycles. The molecule has 0 radical (unpaired) electrons. The number of nitrogens with one attached hydrogen (secondary N) is 1. The van der Waals surface area contributed by atoms with E-state index >= 15 is 0 Å². The molecular formula is C5H14N2O2S. The normalized spacial score (nSPS) is 15.1. The van der Waals surface area contributed by atoms with Gasteiger partial charge in [-0.25, -0.2) is 13.1 Å². The topological polar surface area (TPSA) is 72.2 Å². The Morgan fingerprint density at radius 1 is 1.60 bits per heavy atom. The van der Waals surface area contributed by atoms with Crippen molar-refractivity contribution in [3.63, 3.8) is 0 Å². The summed E-state index contributed by atoms with van der Waals surface area (Å²) in [7, 11) is -3.06. The van der Waals surface area contributed by atoms with E-state index in [2.05, 4.69) is 4.72 Å². The molecule has 5 heteroatoms. The minimum absolute atomic E-state index is 0.108. The van der Waals surface area contributed by atoms with Crippen LogP contribution in [0.4, 0.5) is 0 Å². The maximum Gasteiger partial charge on any atom is 0.211 e. The summed E-state index contributed by atoms with van der Waals surface area (Å²) in [6.45, 7) is 3.65. The van der Waals surface area contributed by atoms with Crippen molar-refractivity contribution in [3.05, 3.63) is 0 Å². The van der Waals surface area contributed by atoms with Gasteiger partial charge in [0.15, 0.2) is 0 Å². The van der Waals surface area contributed by atoms with Crippen molar-refractivity contribution in [2.45, 2.75) is 19.9 Å². The van der Waals surface area contributed by atoms with Crippen LogP contribution in [0.15, 0.2) is 0 Å². The fourth-order valence-electron chi connectivity index (χ4n) is 0.438. The molecule has 1 atom stereocenters. The highest BCUT2D eigenvalue weighted by Crippen LogP contribution is 1.85. The summed E-state index contributed by atoms with van der Waals surface area (Å²) in [5.41, 5.74) is 5.21. The van der Waals surface area contributed by atoms with E-state index in [9.17, 15) is 8.42 Å². The molecular weight excluding hydrogens is 152 g/mol. The molecule has 0 rings (SSSR count). The molecule has 62 valence electrons. The average molecular weight is 166 g/mol. The van der Waals surface area contributed by atoms with Gasteiger partial charge >= 0.3 is 0 Å². The van der Waals surface area contributed by atoms with Crippen LogP contribution in [-0.2, 0) is 10.0 Å². The molecule has 10 heavy (non-hydrogen) atoms. The molecule has 0 aromatic heterocycles. The second-order valence-corrected chi connectivity index (χ2v) is 4.20. The molecule has 4 nitrogen and oxygen atoms in total. The molecule has 0 amide bonds. The van der Waals surface area contributed by atoms with Gasteiger partial charge in [0.05, 0.1) is 5.75 Å². The van der Waals surface area contributed by atoms with Crippen molar-refractivity contribution in [1.29, 1.82) is 0 Å². The quantitative estimate of drug-likeness (QED) is 0.578. The zero-order valence-electron chi connectivity index (χ0n) is 6.29. The summed E-state index contributed by atoms with van der Waals surface area (Å²) in [6.07, 6.45) is 0. The molecule has 0 aliphatic rings. The molecule has 1 unspecified atom stereocenters. The lowest BCUT2D eigenvalue weighted by atomic mass is 10.4. The Labute approximate surface area is 61.8 Å². The number of hydrogen-bond donors (Lipinski definition) is 2. The van der Waals surface area contributed by atoms with Gasteiger partial charge in [0.1, 0.15) is 0 Å². The third-order valence-corrected chi connectivity index (χ3v) is 2.64. The maximum atomic E-state index is 10.8. The molecule has 0 aromatic rings. The van der Waals surface area contributed by atoms with Gasteiger partial charge in [-0.05, 0) is 13.8 Å². The Kier molecular flexibility index (Phi) is 3.85. The fraction of sp³-hybridized carbons (Fsp3) is 1.00. The van der Waals surface area contributed by atoms with Crippen LogP contribution >= 0.6 is 0 Å². The first-order valence-corrected chi connectivity index (χ1v) is 4.87. The zero-order chi connectivity index (χ0) is 8.20. The minimum Gasteiger partial charge on any atom is -0.329 e. The minimum atomic E-state index is -3.06. The lowest BCUT2D eigenvalue weighted by molar-refractivity contribution is 0.564. The van der Waals surface area contributed by atoms with Crippen LogP contribution in [0.5, 0.6) is 0 Å². The van der Waals surface area contributed by atoms with Crippen LogP contribution < -0.4 is 10.5 Å². The van der Waals surface area contributed by atoms with E-state index in [1.54, 1.807) is 13.8 Å². The van der Waals surface area contributed by atoms with Gasteiger partial charge in [0.25, 0.3) is 0 Å². The number of rotatable bonds is 4. The molecule has 0 spiro atoms. The molecule has 0 saturated heterocycles. The first-order valence-electron chi connectivity index (χ1n) is 3.22. The van der Waals surface area contributed by atoms with Gasteiger partial charge < -0.3 is 5.73 Å². The van der Waals surface area contributed by atoms with Gasteiger partial charge in [-0.3, -0.25) is 0 Å². The number of sulfonamides is 1. The Morgan fingerprint density at radius 2 is 2.10 bits per heavy atom. The third kappa shape index (κ3) is 3.81. The summed E-state index contributed by atoms with van der Waals surface area (Å²) in [5.74, 6) is 0.108. The van der Waals surface area contributed by atoms with Gasteiger partial charge in [0, 0.05) is 12.6 Å². The van der Waals surface area contributed by atoms with Crippen molar-refractivity contribution in [3.8, 4) is 0 Å². The predicted octanol–water partition coefficient (Wildman–Crippen LogP) is -0.727. The largest absolute Gasteiger partial charge is 0.329 e. The molecule has 0 bridgehead atoms. The first-order chi connectivity index (χ1) is 4.52. The van der Waals surface area contributed by atoms with Crippen molar-refractivity contribution in [1.82, 2.24) is 4.72 Å². The summed E-state index contributed by atoms with van der Waals surface area (Å²) in [6, 6.07) is -0.162. The molecule has 0 saturated carbocycles. The monoisotopic (exact) mass is 166 g/mol. The molecule has 0 heterocycles. The third-order valence-electron chi connectivity index (χ3n) is 1.11. The van der Waals surface area contributed by atoms with E-state index in [-0.39, 0.29) is 11.8 Å². The standard InChI is InChI=1S/C5H14N2O2S/c1-3-10(8,9)7-5(2)4-6/h5,7H,3-4,6H2,1-2H3. The van der Waals surface area contributed by atoms with Crippen molar-refractivity contribution in [2.24, 2.45) is 5.73 Å². The highest BCUT2D eigenvalue weighted by Gasteiger charge is 2.09. The van der Waals surface area contributed by atoms with Crippen molar-refractivity contribution < 1.29 is 8.42 Å². The summed E-state index contributed by atoms with van der Waals surface area (Å²) in [4.78, 5) is 0. The van der Waals surface area contributed by atoms with Gasteiger partial charge in [-0.15, -0.1) is 0 Å². The Balaban J connectivity index is 3.90. The number of nitrogens with two attached hydrogens (primary N) is 1. The summed E-state index contributed by atoms with van der Waals surface area (Å²) in [5, 5.41) is 0. The molecule has 0 aromatic carbocycles. The summed E-state index contributed by atoms with van der Waals surface area (Å²) >= 11 is 0. The van der Waals surface area contributed by atoms with Crippen LogP contribution in [0.2, 0.25) is 0 Å². The van der Waals surface area contributed by atoms with Crippen LogP contribution in [0.25, 0.3) is 0 Å². The molecule has 3 N–H and O–H groups in total. The predicted molar refractivity (Wildman–Crippen MR) is 41.1 cm³/mol. The molecule has 0 aliphatic carbocycles. The first kappa shape index (κ1) is 9.87. The second kappa shape index (κ2) is 3.90. The van der Waals surface area contributed by atoms with E-state index in [4.69, 9.17) is 5.73 Å². The Hall–Kier alpha value is -0.130. The van der Waals surface area contributed by atoms with Crippen LogP contribution in [0.1, 0.15) is 13.8 Å². The number of hydrogen-bond acceptors (Lipinski definition) is 3. The van der Waals surface area contributed by atoms with Crippen LogP contribution in [0, 0.1) is 0 Å². The highest BCUT2D eigenvalue weighted by molar-refractivity contribution is 7.89. The average Bonchev–Trinajstić information content (AvgIpc) is 1.87. The highest BCUT2D eigenvalue weighted by atomic mass is 32.2. The fourth-order valence-corrected chi connectivity index (χ4v) is 1.31. The summed E-state index contributed by atoms with van der Waals surface area (Å²) < 4.78 is 24.0. The van der Waals surface area contributed by atoms with Crippen molar-refractivity contribution in [2.75, 3.05) is 12.3 Å². The SMILES string of the molecule is CCS(=O)(=O)NC(C)CN. The van der Waals surface area contributed by atoms with E-state index < -0.39 is 10.0 Å². The van der Waals surface area contributed by atoms with E-state index in [0.29, 0.717) is 6.54 Å². The van der Waals surface area contributed by atoms with Crippen LogP contribution in [0.3, 0.4) is 0 Å². The molecule has 0 fully saturated rings. The Morgan fingerprint density at radius 3 is 2.40 bits per heavy atom. The second-order valence-electron chi connectivity index (χ2n) is 2.16. The Bertz CT molecular complexity index is 176. The van der Waals surface area contributed by atoms with Crippen molar-refractivity contribution >= 4 is 10.0 Å². The van der Waals surface area contributed by atoms with E-state index in [0.717, 1.165) is 0 Å². The smallest absolute Gasteiger partial charge is 0.211 e. The lowest BCUT2D eigenvalue weighted by Crippen LogP contribution is -2.38. The maximum absolute atomic E-state index is 10.8. The van der Waals surface area contributed by atoms with Gasteiger partial charge in [-0.1, -0.05) is 0 Å². The lowest BCUT2D eigenvalue weighted by Gasteiger charge is -2.09. The van der Waals surface area contributed by atoms with Gasteiger partial charge in [-0.2, -0.15) is 0 Å². The van der Waals surface area contributed by atoms with Crippen LogP contribution in [-0.4, -0.2) is 26.8 Å². The van der Waals surface area contributed by atoms with Gasteiger partial charge in [0.2, 0.25) is 10.0 Å². The zero-order valence-corrected chi connectivity index (χ0v) is 7.11. The van der Waals surface area contributed by atoms with E-state index in [1.165, 1.54) is 0 Å².